The number of aromatic nitrogens is 3. The van der Waals surface area contributed by atoms with E-state index in [2.05, 4.69) is 24.2 Å². The van der Waals surface area contributed by atoms with Crippen LogP contribution in [0.4, 0.5) is 0 Å². The molecule has 0 bridgehead atoms. The largest absolute Gasteiger partial charge is 0.325 e. The molecule has 0 fully saturated rings. The van der Waals surface area contributed by atoms with Crippen LogP contribution in [0.1, 0.15) is 36.7 Å². The quantitative estimate of drug-likeness (QED) is 0.923. The zero-order valence-corrected chi connectivity index (χ0v) is 11.4. The van der Waals surface area contributed by atoms with Gasteiger partial charge in [-0.2, -0.15) is 0 Å². The fraction of sp³-hybridized carbons (Fsp3) is 0.385. The molecule has 2 rings (SSSR count). The Morgan fingerprint density at radius 3 is 2.78 bits per heavy atom. The van der Waals surface area contributed by atoms with Gasteiger partial charge in [0.2, 0.25) is 0 Å². The minimum Gasteiger partial charge on any atom is -0.325 e. The second kappa shape index (κ2) is 5.50. The molecule has 5 heteroatoms. The van der Waals surface area contributed by atoms with E-state index in [0.717, 1.165) is 22.0 Å². The molecule has 1 aromatic heterocycles. The molecule has 0 radical (unpaired) electrons. The predicted molar refractivity (Wildman–Crippen MR) is 72.6 cm³/mol. The van der Waals surface area contributed by atoms with Gasteiger partial charge in [-0.05, 0) is 23.6 Å². The highest BCUT2D eigenvalue weighted by atomic mass is 35.5. The van der Waals surface area contributed by atoms with E-state index in [1.54, 1.807) is 0 Å². The van der Waals surface area contributed by atoms with Crippen molar-refractivity contribution in [3.05, 3.63) is 46.2 Å². The zero-order valence-electron chi connectivity index (χ0n) is 10.6. The van der Waals surface area contributed by atoms with Crippen LogP contribution in [0.3, 0.4) is 0 Å². The molecule has 0 aliphatic carbocycles. The molecule has 0 aliphatic rings. The van der Waals surface area contributed by atoms with E-state index < -0.39 is 0 Å². The summed E-state index contributed by atoms with van der Waals surface area (Å²) in [5.41, 5.74) is 8.75. The Labute approximate surface area is 112 Å². The molecule has 0 atom stereocenters. The van der Waals surface area contributed by atoms with Crippen LogP contribution in [0.2, 0.25) is 5.02 Å². The lowest BCUT2D eigenvalue weighted by Crippen LogP contribution is -2.10. The molecule has 0 aliphatic heterocycles. The van der Waals surface area contributed by atoms with Gasteiger partial charge in [0.1, 0.15) is 0 Å². The summed E-state index contributed by atoms with van der Waals surface area (Å²) in [5.74, 6) is 0.345. The fourth-order valence-electron chi connectivity index (χ4n) is 2.06. The van der Waals surface area contributed by atoms with Crippen molar-refractivity contribution in [1.29, 1.82) is 0 Å². The Bertz CT molecular complexity index is 534. The molecule has 96 valence electrons. The summed E-state index contributed by atoms with van der Waals surface area (Å²) in [4.78, 5) is 0. The van der Waals surface area contributed by atoms with Gasteiger partial charge >= 0.3 is 0 Å². The molecular weight excluding hydrogens is 248 g/mol. The lowest BCUT2D eigenvalue weighted by atomic mass is 10.1. The van der Waals surface area contributed by atoms with Crippen molar-refractivity contribution in [2.45, 2.75) is 32.9 Å². The molecule has 1 heterocycles. The monoisotopic (exact) mass is 264 g/mol. The number of nitrogens with zero attached hydrogens (tertiary/aromatic N) is 3. The third-order valence-electron chi connectivity index (χ3n) is 2.81. The predicted octanol–water partition coefficient (Wildman–Crippen LogP) is 2.56. The summed E-state index contributed by atoms with van der Waals surface area (Å²) in [6, 6.07) is 7.77. The van der Waals surface area contributed by atoms with Gasteiger partial charge in [-0.25, -0.2) is 4.68 Å². The molecule has 0 amide bonds. The Hall–Kier alpha value is -1.39. The minimum absolute atomic E-state index is 0.345. The topological polar surface area (TPSA) is 56.7 Å². The highest BCUT2D eigenvalue weighted by Gasteiger charge is 2.15. The Morgan fingerprint density at radius 2 is 2.17 bits per heavy atom. The van der Waals surface area contributed by atoms with E-state index in [4.69, 9.17) is 17.3 Å². The Balaban J connectivity index is 2.32. The average molecular weight is 265 g/mol. The molecule has 0 unspecified atom stereocenters. The van der Waals surface area contributed by atoms with Crippen molar-refractivity contribution < 1.29 is 0 Å². The van der Waals surface area contributed by atoms with Crippen LogP contribution < -0.4 is 5.73 Å². The normalized spacial score (nSPS) is 11.2. The van der Waals surface area contributed by atoms with Crippen molar-refractivity contribution >= 4 is 11.6 Å². The third kappa shape index (κ3) is 2.71. The van der Waals surface area contributed by atoms with Gasteiger partial charge in [0.15, 0.2) is 0 Å². The summed E-state index contributed by atoms with van der Waals surface area (Å²) < 4.78 is 1.90. The maximum absolute atomic E-state index is 5.98. The third-order valence-corrected chi connectivity index (χ3v) is 3.04. The van der Waals surface area contributed by atoms with Gasteiger partial charge in [0.25, 0.3) is 0 Å². The van der Waals surface area contributed by atoms with E-state index in [1.165, 1.54) is 0 Å². The van der Waals surface area contributed by atoms with Gasteiger partial charge in [0.05, 0.1) is 17.9 Å². The summed E-state index contributed by atoms with van der Waals surface area (Å²) in [6.45, 7) is 5.32. The number of benzene rings is 1. The van der Waals surface area contributed by atoms with Crippen LogP contribution in [-0.2, 0) is 13.1 Å². The first-order chi connectivity index (χ1) is 8.61. The van der Waals surface area contributed by atoms with Crippen LogP contribution in [-0.4, -0.2) is 15.0 Å². The van der Waals surface area contributed by atoms with E-state index in [-0.39, 0.29) is 0 Å². The van der Waals surface area contributed by atoms with Gasteiger partial charge < -0.3 is 5.73 Å². The zero-order chi connectivity index (χ0) is 13.1. The van der Waals surface area contributed by atoms with Crippen LogP contribution >= 0.6 is 11.6 Å². The lowest BCUT2D eigenvalue weighted by molar-refractivity contribution is 0.597. The molecule has 2 aromatic rings. The molecule has 0 saturated heterocycles. The molecule has 4 nitrogen and oxygen atoms in total. The SMILES string of the molecule is CC(C)c1c(CN)nnn1Cc1cccc(Cl)c1. The van der Waals surface area contributed by atoms with E-state index in [0.29, 0.717) is 19.0 Å². The molecule has 1 aromatic carbocycles. The van der Waals surface area contributed by atoms with Crippen LogP contribution in [0.15, 0.2) is 24.3 Å². The minimum atomic E-state index is 0.345. The highest BCUT2D eigenvalue weighted by molar-refractivity contribution is 6.30. The van der Waals surface area contributed by atoms with Crippen LogP contribution in [0, 0.1) is 0 Å². The van der Waals surface area contributed by atoms with Crippen LogP contribution in [0.5, 0.6) is 0 Å². The number of nitrogens with two attached hydrogens (primary N) is 1. The lowest BCUT2D eigenvalue weighted by Gasteiger charge is -2.10. The number of hydrogen-bond donors (Lipinski definition) is 1. The molecule has 2 N–H and O–H groups in total. The van der Waals surface area contributed by atoms with Gasteiger partial charge in [-0.3, -0.25) is 0 Å². The van der Waals surface area contributed by atoms with E-state index in [1.807, 2.05) is 28.9 Å². The number of halogens is 1. The van der Waals surface area contributed by atoms with E-state index in [9.17, 15) is 0 Å². The maximum Gasteiger partial charge on any atom is 0.0997 e. The van der Waals surface area contributed by atoms with E-state index >= 15 is 0 Å². The number of rotatable bonds is 4. The van der Waals surface area contributed by atoms with Crippen molar-refractivity contribution in [2.24, 2.45) is 5.73 Å². The first kappa shape index (κ1) is 13.1. The van der Waals surface area contributed by atoms with Crippen LogP contribution in [0.25, 0.3) is 0 Å². The summed E-state index contributed by atoms with van der Waals surface area (Å²) in [7, 11) is 0. The first-order valence-corrected chi connectivity index (χ1v) is 6.36. The average Bonchev–Trinajstić information content (AvgIpc) is 2.72. The van der Waals surface area contributed by atoms with Gasteiger partial charge in [-0.1, -0.05) is 42.8 Å². The number of hydrogen-bond acceptors (Lipinski definition) is 3. The van der Waals surface area contributed by atoms with Crippen molar-refractivity contribution in [3.8, 4) is 0 Å². The fourth-order valence-corrected chi connectivity index (χ4v) is 2.27. The second-order valence-corrected chi connectivity index (χ2v) is 5.00. The molecule has 0 saturated carbocycles. The Morgan fingerprint density at radius 1 is 1.39 bits per heavy atom. The summed E-state index contributed by atoms with van der Waals surface area (Å²) in [6.07, 6.45) is 0. The highest BCUT2D eigenvalue weighted by Crippen LogP contribution is 2.19. The van der Waals surface area contributed by atoms with Crippen molar-refractivity contribution in [2.75, 3.05) is 0 Å². The smallest absolute Gasteiger partial charge is 0.0997 e. The molecule has 0 spiro atoms. The Kier molecular flexibility index (Phi) is 3.99. The summed E-state index contributed by atoms with van der Waals surface area (Å²) >= 11 is 5.98. The second-order valence-electron chi connectivity index (χ2n) is 4.57. The molecular formula is C13H17ClN4. The van der Waals surface area contributed by atoms with Gasteiger partial charge in [0, 0.05) is 11.6 Å². The standard InChI is InChI=1S/C13H17ClN4/c1-9(2)13-12(7-15)16-17-18(13)8-10-4-3-5-11(14)6-10/h3-6,9H,7-8,15H2,1-2H3. The van der Waals surface area contributed by atoms with Gasteiger partial charge in [-0.15, -0.1) is 5.10 Å². The van der Waals surface area contributed by atoms with Crippen molar-refractivity contribution in [1.82, 2.24) is 15.0 Å². The molecule has 18 heavy (non-hydrogen) atoms. The maximum atomic E-state index is 5.98. The first-order valence-electron chi connectivity index (χ1n) is 5.98. The van der Waals surface area contributed by atoms with Crippen molar-refractivity contribution in [3.63, 3.8) is 0 Å². The summed E-state index contributed by atoms with van der Waals surface area (Å²) in [5, 5.41) is 9.04.